The highest BCUT2D eigenvalue weighted by Gasteiger charge is 2.07. The van der Waals surface area contributed by atoms with E-state index in [0.29, 0.717) is 11.3 Å². The number of hydrogen-bond acceptors (Lipinski definition) is 3. The number of carbonyl (C=O) groups excluding carboxylic acids is 1. The number of aromatic nitrogens is 2. The van der Waals surface area contributed by atoms with E-state index in [1.807, 2.05) is 6.07 Å². The molecule has 18 heavy (non-hydrogen) atoms. The Labute approximate surface area is 112 Å². The third kappa shape index (κ3) is 2.96. The zero-order valence-corrected chi connectivity index (χ0v) is 10.9. The first kappa shape index (κ1) is 12.3. The first-order chi connectivity index (χ1) is 8.69. The molecule has 1 aromatic heterocycles. The van der Waals surface area contributed by atoms with Crippen molar-refractivity contribution in [2.24, 2.45) is 0 Å². The normalized spacial score (nSPS) is 9.78. The third-order valence-electron chi connectivity index (χ3n) is 2.23. The van der Waals surface area contributed by atoms with E-state index in [1.54, 1.807) is 36.7 Å². The van der Waals surface area contributed by atoms with Gasteiger partial charge in [-0.2, -0.15) is 10.4 Å². The Morgan fingerprint density at radius 1 is 1.50 bits per heavy atom. The van der Waals surface area contributed by atoms with E-state index in [0.717, 1.165) is 4.47 Å². The van der Waals surface area contributed by atoms with Crippen LogP contribution in [0.1, 0.15) is 5.56 Å². The van der Waals surface area contributed by atoms with Crippen molar-refractivity contribution in [2.45, 2.75) is 6.54 Å². The molecule has 0 saturated carbocycles. The molecule has 0 spiro atoms. The molecule has 0 saturated heterocycles. The summed E-state index contributed by atoms with van der Waals surface area (Å²) in [4.78, 5) is 11.8. The Morgan fingerprint density at radius 3 is 2.94 bits per heavy atom. The van der Waals surface area contributed by atoms with Gasteiger partial charge in [0.05, 0.1) is 21.9 Å². The second-order valence-electron chi connectivity index (χ2n) is 3.56. The summed E-state index contributed by atoms with van der Waals surface area (Å²) < 4.78 is 2.32. The molecular formula is C12H9BrN4O. The maximum Gasteiger partial charge on any atom is 0.246 e. The van der Waals surface area contributed by atoms with E-state index >= 15 is 0 Å². The molecule has 0 aliphatic rings. The van der Waals surface area contributed by atoms with Gasteiger partial charge in [-0.1, -0.05) is 12.1 Å². The number of amides is 1. The molecule has 0 bridgehead atoms. The fourth-order valence-corrected chi connectivity index (χ4v) is 1.78. The minimum Gasteiger partial charge on any atom is -0.323 e. The van der Waals surface area contributed by atoms with E-state index in [9.17, 15) is 4.79 Å². The monoisotopic (exact) mass is 304 g/mol. The van der Waals surface area contributed by atoms with Gasteiger partial charge >= 0.3 is 0 Å². The summed E-state index contributed by atoms with van der Waals surface area (Å²) in [5, 5.41) is 15.6. The maximum absolute atomic E-state index is 11.8. The minimum atomic E-state index is -0.228. The second kappa shape index (κ2) is 5.47. The van der Waals surface area contributed by atoms with Crippen molar-refractivity contribution in [3.05, 3.63) is 46.7 Å². The van der Waals surface area contributed by atoms with Crippen molar-refractivity contribution < 1.29 is 4.79 Å². The van der Waals surface area contributed by atoms with Crippen molar-refractivity contribution >= 4 is 27.5 Å². The molecule has 0 aliphatic carbocycles. The van der Waals surface area contributed by atoms with Crippen molar-refractivity contribution in [3.8, 4) is 6.07 Å². The summed E-state index contributed by atoms with van der Waals surface area (Å²) >= 11 is 3.25. The van der Waals surface area contributed by atoms with E-state index in [2.05, 4.69) is 26.3 Å². The summed E-state index contributed by atoms with van der Waals surface area (Å²) in [7, 11) is 0. The Balaban J connectivity index is 2.06. The molecule has 6 heteroatoms. The van der Waals surface area contributed by atoms with Gasteiger partial charge in [-0.25, -0.2) is 0 Å². The molecule has 0 unspecified atom stereocenters. The Morgan fingerprint density at radius 2 is 2.28 bits per heavy atom. The molecule has 90 valence electrons. The third-order valence-corrected chi connectivity index (χ3v) is 2.64. The van der Waals surface area contributed by atoms with E-state index in [-0.39, 0.29) is 12.5 Å². The smallest absolute Gasteiger partial charge is 0.246 e. The Bertz CT molecular complexity index is 615. The fraction of sp³-hybridized carbons (Fsp3) is 0.0833. The highest BCUT2D eigenvalue weighted by molar-refractivity contribution is 9.10. The molecule has 0 fully saturated rings. The van der Waals surface area contributed by atoms with Crippen LogP contribution in [0.2, 0.25) is 0 Å². The lowest BCUT2D eigenvalue weighted by molar-refractivity contribution is -0.116. The van der Waals surface area contributed by atoms with Gasteiger partial charge in [0, 0.05) is 6.20 Å². The van der Waals surface area contributed by atoms with Crippen molar-refractivity contribution in [1.29, 1.82) is 5.26 Å². The molecule has 0 radical (unpaired) electrons. The van der Waals surface area contributed by atoms with Crippen LogP contribution in [-0.2, 0) is 11.3 Å². The zero-order chi connectivity index (χ0) is 13.0. The number of hydrogen-bond donors (Lipinski definition) is 1. The minimum absolute atomic E-state index is 0.103. The van der Waals surface area contributed by atoms with Gasteiger partial charge < -0.3 is 5.32 Å². The van der Waals surface area contributed by atoms with Gasteiger partial charge in [0.15, 0.2) is 0 Å². The van der Waals surface area contributed by atoms with Gasteiger partial charge in [-0.05, 0) is 28.1 Å². The SMILES string of the molecule is N#Cc1ccccc1NC(=O)Cn1cc(Br)cn1. The summed E-state index contributed by atoms with van der Waals surface area (Å²) in [6.07, 6.45) is 3.31. The van der Waals surface area contributed by atoms with Crippen LogP contribution in [0.3, 0.4) is 0 Å². The summed E-state index contributed by atoms with van der Waals surface area (Å²) in [5.41, 5.74) is 0.948. The Kier molecular flexibility index (Phi) is 3.75. The van der Waals surface area contributed by atoms with Crippen molar-refractivity contribution in [1.82, 2.24) is 9.78 Å². The lowest BCUT2D eigenvalue weighted by Gasteiger charge is -2.06. The van der Waals surface area contributed by atoms with Crippen LogP contribution in [0.15, 0.2) is 41.1 Å². The van der Waals surface area contributed by atoms with E-state index in [4.69, 9.17) is 5.26 Å². The molecule has 5 nitrogen and oxygen atoms in total. The molecule has 0 aliphatic heterocycles. The topological polar surface area (TPSA) is 70.7 Å². The van der Waals surface area contributed by atoms with Crippen LogP contribution in [0.25, 0.3) is 0 Å². The van der Waals surface area contributed by atoms with Crippen LogP contribution >= 0.6 is 15.9 Å². The quantitative estimate of drug-likeness (QED) is 0.944. The van der Waals surface area contributed by atoms with Crippen LogP contribution in [0.4, 0.5) is 5.69 Å². The van der Waals surface area contributed by atoms with Crippen LogP contribution < -0.4 is 5.32 Å². The number of nitrogens with zero attached hydrogens (tertiary/aromatic N) is 3. The number of anilines is 1. The van der Waals surface area contributed by atoms with E-state index in [1.165, 1.54) is 4.68 Å². The average molecular weight is 305 g/mol. The summed E-state index contributed by atoms with van der Waals surface area (Å²) in [6, 6.07) is 8.88. The number of halogens is 1. The summed E-state index contributed by atoms with van der Waals surface area (Å²) in [6.45, 7) is 0.103. The molecule has 1 heterocycles. The maximum atomic E-state index is 11.8. The van der Waals surface area contributed by atoms with Gasteiger partial charge in [0.2, 0.25) is 5.91 Å². The highest BCUT2D eigenvalue weighted by Crippen LogP contribution is 2.13. The number of para-hydroxylation sites is 1. The number of benzene rings is 1. The molecule has 2 rings (SSSR count). The van der Waals surface area contributed by atoms with Crippen molar-refractivity contribution in [2.75, 3.05) is 5.32 Å². The molecule has 2 aromatic rings. The molecule has 1 N–H and O–H groups in total. The van der Waals surface area contributed by atoms with E-state index < -0.39 is 0 Å². The number of nitriles is 1. The highest BCUT2D eigenvalue weighted by atomic mass is 79.9. The predicted octanol–water partition coefficient (Wildman–Crippen LogP) is 2.16. The van der Waals surface area contributed by atoms with Gasteiger partial charge in [0.1, 0.15) is 12.6 Å². The Hall–Kier alpha value is -2.13. The number of rotatable bonds is 3. The summed E-state index contributed by atoms with van der Waals surface area (Å²) in [5.74, 6) is -0.228. The molecule has 1 amide bonds. The average Bonchev–Trinajstić information content (AvgIpc) is 2.75. The number of carbonyl (C=O) groups is 1. The largest absolute Gasteiger partial charge is 0.323 e. The first-order valence-electron chi connectivity index (χ1n) is 5.16. The van der Waals surface area contributed by atoms with Crippen LogP contribution in [0.5, 0.6) is 0 Å². The molecule has 0 atom stereocenters. The van der Waals surface area contributed by atoms with Crippen LogP contribution in [0, 0.1) is 11.3 Å². The fourth-order valence-electron chi connectivity index (χ4n) is 1.45. The van der Waals surface area contributed by atoms with Gasteiger partial charge in [-0.15, -0.1) is 0 Å². The second-order valence-corrected chi connectivity index (χ2v) is 4.48. The van der Waals surface area contributed by atoms with Crippen molar-refractivity contribution in [3.63, 3.8) is 0 Å². The van der Waals surface area contributed by atoms with Gasteiger partial charge in [-0.3, -0.25) is 9.48 Å². The molecular weight excluding hydrogens is 296 g/mol. The van der Waals surface area contributed by atoms with Crippen LogP contribution in [-0.4, -0.2) is 15.7 Å². The number of nitrogens with one attached hydrogen (secondary N) is 1. The lowest BCUT2D eigenvalue weighted by atomic mass is 10.2. The molecule has 1 aromatic carbocycles. The standard InChI is InChI=1S/C12H9BrN4O/c13-10-6-15-17(7-10)8-12(18)16-11-4-2-1-3-9(11)5-14/h1-4,6-7H,8H2,(H,16,18). The zero-order valence-electron chi connectivity index (χ0n) is 9.30. The van der Waals surface area contributed by atoms with Gasteiger partial charge in [0.25, 0.3) is 0 Å². The lowest BCUT2D eigenvalue weighted by Crippen LogP contribution is -2.19. The predicted molar refractivity (Wildman–Crippen MR) is 69.7 cm³/mol. The first-order valence-corrected chi connectivity index (χ1v) is 5.95.